The van der Waals surface area contributed by atoms with Crippen molar-refractivity contribution in [1.29, 1.82) is 0 Å². The van der Waals surface area contributed by atoms with Gasteiger partial charge in [-0.05, 0) is 19.8 Å². The highest BCUT2D eigenvalue weighted by molar-refractivity contribution is 4.85. The SMILES string of the molecule is CCOC1OC2CCC2O1. The van der Waals surface area contributed by atoms with Gasteiger partial charge < -0.3 is 14.2 Å². The maximum Gasteiger partial charge on any atom is 0.272 e. The maximum absolute atomic E-state index is 5.36. The Bertz CT molecular complexity index is 114. The Labute approximate surface area is 60.3 Å². The van der Waals surface area contributed by atoms with Gasteiger partial charge in [-0.15, -0.1) is 0 Å². The molecule has 0 aromatic rings. The molecule has 2 atom stereocenters. The molecule has 3 nitrogen and oxygen atoms in total. The van der Waals surface area contributed by atoms with Crippen molar-refractivity contribution in [2.75, 3.05) is 6.61 Å². The standard InChI is InChI=1S/C7H12O3/c1-2-8-7-9-5-3-4-6(5)10-7/h5-7H,2-4H2,1H3. The molecule has 58 valence electrons. The molecule has 0 aromatic heterocycles. The lowest BCUT2D eigenvalue weighted by molar-refractivity contribution is -0.235. The van der Waals surface area contributed by atoms with Gasteiger partial charge in [0.1, 0.15) is 0 Å². The van der Waals surface area contributed by atoms with Crippen LogP contribution in [0.1, 0.15) is 19.8 Å². The van der Waals surface area contributed by atoms with E-state index in [1.54, 1.807) is 0 Å². The Morgan fingerprint density at radius 2 is 1.90 bits per heavy atom. The van der Waals surface area contributed by atoms with Gasteiger partial charge in [0, 0.05) is 6.61 Å². The smallest absolute Gasteiger partial charge is 0.272 e. The highest BCUT2D eigenvalue weighted by Gasteiger charge is 2.42. The first-order valence-corrected chi connectivity index (χ1v) is 3.82. The summed E-state index contributed by atoms with van der Waals surface area (Å²) in [5.74, 6) is 0. The summed E-state index contributed by atoms with van der Waals surface area (Å²) in [5, 5.41) is 0. The van der Waals surface area contributed by atoms with Crippen molar-refractivity contribution < 1.29 is 14.2 Å². The first kappa shape index (κ1) is 6.58. The second-order valence-electron chi connectivity index (χ2n) is 2.67. The van der Waals surface area contributed by atoms with Gasteiger partial charge in [0.05, 0.1) is 12.2 Å². The molecule has 1 saturated carbocycles. The van der Waals surface area contributed by atoms with Crippen LogP contribution in [0.2, 0.25) is 0 Å². The summed E-state index contributed by atoms with van der Waals surface area (Å²) in [5.41, 5.74) is 0. The van der Waals surface area contributed by atoms with Crippen LogP contribution in [0.25, 0.3) is 0 Å². The summed E-state index contributed by atoms with van der Waals surface area (Å²) in [6.45, 7) is 2.22. The summed E-state index contributed by atoms with van der Waals surface area (Å²) >= 11 is 0. The van der Waals surface area contributed by atoms with Gasteiger partial charge in [0.25, 0.3) is 6.48 Å². The topological polar surface area (TPSA) is 27.7 Å². The Morgan fingerprint density at radius 1 is 1.30 bits per heavy atom. The van der Waals surface area contributed by atoms with Gasteiger partial charge >= 0.3 is 0 Å². The second-order valence-corrected chi connectivity index (χ2v) is 2.67. The van der Waals surface area contributed by atoms with Crippen molar-refractivity contribution in [3.8, 4) is 0 Å². The number of rotatable bonds is 2. The third-order valence-corrected chi connectivity index (χ3v) is 2.02. The van der Waals surface area contributed by atoms with Crippen molar-refractivity contribution in [1.82, 2.24) is 0 Å². The first-order valence-electron chi connectivity index (χ1n) is 3.82. The molecule has 1 aliphatic carbocycles. The van der Waals surface area contributed by atoms with Crippen molar-refractivity contribution in [2.45, 2.75) is 38.4 Å². The van der Waals surface area contributed by atoms with Crippen LogP contribution in [0.3, 0.4) is 0 Å². The Morgan fingerprint density at radius 3 is 2.30 bits per heavy atom. The van der Waals surface area contributed by atoms with E-state index in [1.807, 2.05) is 6.92 Å². The summed E-state index contributed by atoms with van der Waals surface area (Å²) < 4.78 is 15.9. The predicted molar refractivity (Wildman–Crippen MR) is 34.4 cm³/mol. The number of ether oxygens (including phenoxy) is 3. The zero-order valence-corrected chi connectivity index (χ0v) is 6.08. The van der Waals surface area contributed by atoms with E-state index in [0.717, 1.165) is 12.8 Å². The van der Waals surface area contributed by atoms with E-state index in [0.29, 0.717) is 18.8 Å². The fourth-order valence-corrected chi connectivity index (χ4v) is 1.28. The minimum Gasteiger partial charge on any atom is -0.330 e. The highest BCUT2D eigenvalue weighted by Crippen LogP contribution is 2.34. The summed E-state index contributed by atoms with van der Waals surface area (Å²) in [6, 6.07) is 0. The summed E-state index contributed by atoms with van der Waals surface area (Å²) in [7, 11) is 0. The molecule has 0 N–H and O–H groups in total. The molecular weight excluding hydrogens is 132 g/mol. The third-order valence-electron chi connectivity index (χ3n) is 2.02. The molecule has 3 heteroatoms. The zero-order valence-electron chi connectivity index (χ0n) is 6.08. The molecule has 0 radical (unpaired) electrons. The van der Waals surface area contributed by atoms with Crippen molar-refractivity contribution in [3.05, 3.63) is 0 Å². The van der Waals surface area contributed by atoms with E-state index in [2.05, 4.69) is 0 Å². The van der Waals surface area contributed by atoms with Crippen LogP contribution in [0, 0.1) is 0 Å². The van der Waals surface area contributed by atoms with Gasteiger partial charge in [-0.25, -0.2) is 0 Å². The lowest BCUT2D eigenvalue weighted by Gasteiger charge is -2.25. The quantitative estimate of drug-likeness (QED) is 0.576. The Kier molecular flexibility index (Phi) is 1.64. The molecule has 0 bridgehead atoms. The molecule has 0 amide bonds. The fraction of sp³-hybridized carbons (Fsp3) is 1.00. The average Bonchev–Trinajstić information content (AvgIpc) is 2.14. The van der Waals surface area contributed by atoms with Crippen LogP contribution in [0.15, 0.2) is 0 Å². The molecule has 0 aromatic carbocycles. The van der Waals surface area contributed by atoms with Crippen LogP contribution in [-0.2, 0) is 14.2 Å². The van der Waals surface area contributed by atoms with E-state index in [1.165, 1.54) is 0 Å². The molecule has 1 saturated heterocycles. The first-order chi connectivity index (χ1) is 4.90. The normalized spacial score (nSPS) is 44.7. The molecule has 10 heavy (non-hydrogen) atoms. The van der Waals surface area contributed by atoms with Crippen molar-refractivity contribution in [3.63, 3.8) is 0 Å². The Balaban J connectivity index is 1.81. The summed E-state index contributed by atoms with van der Waals surface area (Å²) in [4.78, 5) is 0. The zero-order chi connectivity index (χ0) is 6.97. The van der Waals surface area contributed by atoms with Gasteiger partial charge in [-0.1, -0.05) is 0 Å². The van der Waals surface area contributed by atoms with Crippen LogP contribution in [0.5, 0.6) is 0 Å². The monoisotopic (exact) mass is 144 g/mol. The fourth-order valence-electron chi connectivity index (χ4n) is 1.28. The number of fused-ring (bicyclic) bond motifs is 1. The Hall–Kier alpha value is -0.120. The van der Waals surface area contributed by atoms with E-state index in [9.17, 15) is 0 Å². The molecule has 2 unspecified atom stereocenters. The lowest BCUT2D eigenvalue weighted by atomic mass is 9.93. The average molecular weight is 144 g/mol. The molecule has 1 heterocycles. The van der Waals surface area contributed by atoms with Gasteiger partial charge in [0.15, 0.2) is 0 Å². The van der Waals surface area contributed by atoms with E-state index < -0.39 is 0 Å². The largest absolute Gasteiger partial charge is 0.330 e. The number of hydrogen-bond acceptors (Lipinski definition) is 3. The molecule has 0 spiro atoms. The molecular formula is C7H12O3. The van der Waals surface area contributed by atoms with Crippen LogP contribution in [0.4, 0.5) is 0 Å². The van der Waals surface area contributed by atoms with E-state index in [4.69, 9.17) is 14.2 Å². The van der Waals surface area contributed by atoms with Gasteiger partial charge in [0.2, 0.25) is 0 Å². The van der Waals surface area contributed by atoms with Crippen LogP contribution >= 0.6 is 0 Å². The maximum atomic E-state index is 5.36. The predicted octanol–water partition coefficient (Wildman–Crippen LogP) is 0.884. The van der Waals surface area contributed by atoms with Crippen molar-refractivity contribution >= 4 is 0 Å². The number of hydrogen-bond donors (Lipinski definition) is 0. The minimum atomic E-state index is -0.373. The van der Waals surface area contributed by atoms with E-state index >= 15 is 0 Å². The van der Waals surface area contributed by atoms with E-state index in [-0.39, 0.29) is 6.48 Å². The second kappa shape index (κ2) is 2.49. The summed E-state index contributed by atoms with van der Waals surface area (Å²) in [6.07, 6.45) is 2.93. The highest BCUT2D eigenvalue weighted by atomic mass is 16.9. The molecule has 1 aliphatic heterocycles. The van der Waals surface area contributed by atoms with Crippen molar-refractivity contribution in [2.24, 2.45) is 0 Å². The van der Waals surface area contributed by atoms with Gasteiger partial charge in [-0.2, -0.15) is 0 Å². The molecule has 2 rings (SSSR count). The van der Waals surface area contributed by atoms with Crippen LogP contribution in [-0.4, -0.2) is 25.3 Å². The molecule has 2 aliphatic rings. The minimum absolute atomic E-state index is 0.330. The third kappa shape index (κ3) is 0.944. The van der Waals surface area contributed by atoms with Gasteiger partial charge in [-0.3, -0.25) is 0 Å². The lowest BCUT2D eigenvalue weighted by Crippen LogP contribution is -2.33. The van der Waals surface area contributed by atoms with Crippen LogP contribution < -0.4 is 0 Å². The molecule has 2 fully saturated rings.